The van der Waals surface area contributed by atoms with Crippen molar-refractivity contribution in [3.63, 3.8) is 0 Å². The molecule has 14 heavy (non-hydrogen) atoms. The van der Waals surface area contributed by atoms with E-state index in [-0.39, 0.29) is 0 Å². The smallest absolute Gasteiger partial charge is 0.109 e. The van der Waals surface area contributed by atoms with Crippen molar-refractivity contribution in [2.75, 3.05) is 0 Å². The molecule has 3 unspecified atom stereocenters. The predicted octanol–water partition coefficient (Wildman–Crippen LogP) is 1.43. The summed E-state index contributed by atoms with van der Waals surface area (Å²) in [5, 5.41) is 14.8. The lowest BCUT2D eigenvalue weighted by Crippen LogP contribution is -2.34. The average molecular weight is 192 g/mol. The van der Waals surface area contributed by atoms with Gasteiger partial charge in [0.15, 0.2) is 0 Å². The van der Waals surface area contributed by atoms with Crippen molar-refractivity contribution in [1.29, 1.82) is 0 Å². The quantitative estimate of drug-likeness (QED) is 0.731. The topological polar surface area (TPSA) is 38.0 Å². The fourth-order valence-electron chi connectivity index (χ4n) is 3.41. The first kappa shape index (κ1) is 8.48. The number of fused-ring (bicyclic) bond motifs is 2. The van der Waals surface area contributed by atoms with Crippen molar-refractivity contribution in [2.45, 2.75) is 31.3 Å². The summed E-state index contributed by atoms with van der Waals surface area (Å²) in [6.07, 6.45) is 6.43. The zero-order chi connectivity index (χ0) is 9.76. The molecular formula is C11H16N2O. The van der Waals surface area contributed by atoms with Gasteiger partial charge in [-0.1, -0.05) is 0 Å². The molecule has 2 bridgehead atoms. The van der Waals surface area contributed by atoms with E-state index in [2.05, 4.69) is 5.10 Å². The van der Waals surface area contributed by atoms with Gasteiger partial charge in [0.2, 0.25) is 0 Å². The minimum absolute atomic E-state index is 0.475. The highest BCUT2D eigenvalue weighted by molar-refractivity contribution is 5.18. The second-order valence-electron chi connectivity index (χ2n) is 4.84. The Bertz CT molecular complexity index is 360. The van der Waals surface area contributed by atoms with Crippen LogP contribution >= 0.6 is 0 Å². The summed E-state index contributed by atoms with van der Waals surface area (Å²) in [5.74, 6) is 1.22. The molecule has 1 aromatic rings. The fraction of sp³-hybridized carbons (Fsp3) is 0.727. The zero-order valence-electron chi connectivity index (χ0n) is 8.48. The molecule has 3 rings (SSSR count). The molecule has 0 aliphatic heterocycles. The second-order valence-corrected chi connectivity index (χ2v) is 4.84. The average Bonchev–Trinajstić information content (AvgIpc) is 2.78. The molecule has 2 aliphatic carbocycles. The van der Waals surface area contributed by atoms with Crippen LogP contribution in [0.4, 0.5) is 0 Å². The van der Waals surface area contributed by atoms with E-state index in [1.165, 1.54) is 19.3 Å². The van der Waals surface area contributed by atoms with E-state index in [4.69, 9.17) is 0 Å². The zero-order valence-corrected chi connectivity index (χ0v) is 8.48. The summed E-state index contributed by atoms with van der Waals surface area (Å²) in [5.41, 5.74) is 0.429. The molecular weight excluding hydrogens is 176 g/mol. The van der Waals surface area contributed by atoms with Gasteiger partial charge < -0.3 is 5.11 Å². The molecule has 0 spiro atoms. The van der Waals surface area contributed by atoms with Crippen LogP contribution in [0.25, 0.3) is 0 Å². The molecule has 0 saturated heterocycles. The Balaban J connectivity index is 2.02. The van der Waals surface area contributed by atoms with Crippen LogP contribution in [0.5, 0.6) is 0 Å². The minimum atomic E-state index is -0.575. The highest BCUT2D eigenvalue weighted by atomic mass is 16.3. The van der Waals surface area contributed by atoms with Gasteiger partial charge in [-0.25, -0.2) is 0 Å². The lowest BCUT2D eigenvalue weighted by Gasteiger charge is -2.32. The lowest BCUT2D eigenvalue weighted by atomic mass is 9.82. The van der Waals surface area contributed by atoms with Crippen LogP contribution in [-0.2, 0) is 12.6 Å². The Morgan fingerprint density at radius 1 is 1.57 bits per heavy atom. The van der Waals surface area contributed by atoms with Gasteiger partial charge in [-0.05, 0) is 43.6 Å². The third-order valence-corrected chi connectivity index (χ3v) is 4.08. The van der Waals surface area contributed by atoms with Crippen molar-refractivity contribution < 1.29 is 5.11 Å². The molecule has 0 radical (unpaired) electrons. The maximum Gasteiger partial charge on any atom is 0.109 e. The number of nitrogens with zero attached hydrogens (tertiary/aromatic N) is 2. The van der Waals surface area contributed by atoms with Crippen LogP contribution in [0.1, 0.15) is 31.4 Å². The number of rotatable bonds is 1. The van der Waals surface area contributed by atoms with Crippen LogP contribution in [0.2, 0.25) is 0 Å². The van der Waals surface area contributed by atoms with Gasteiger partial charge in [0.1, 0.15) is 5.60 Å². The predicted molar refractivity (Wildman–Crippen MR) is 52.6 cm³/mol. The Labute approximate surface area is 83.7 Å². The van der Waals surface area contributed by atoms with Gasteiger partial charge in [-0.3, -0.25) is 4.68 Å². The van der Waals surface area contributed by atoms with Crippen LogP contribution in [0.15, 0.2) is 12.3 Å². The van der Waals surface area contributed by atoms with Crippen molar-refractivity contribution >= 4 is 0 Å². The summed E-state index contributed by atoms with van der Waals surface area (Å²) in [6.45, 7) is 0. The van der Waals surface area contributed by atoms with E-state index in [0.717, 1.165) is 18.0 Å². The standard InChI is InChI=1S/C11H16N2O/c1-13-10(4-5-12-13)11(14)7-8-2-3-9(11)6-8/h4-5,8-9,14H,2-3,6-7H2,1H3. The van der Waals surface area contributed by atoms with Gasteiger partial charge in [-0.2, -0.15) is 5.10 Å². The first-order chi connectivity index (χ1) is 6.70. The largest absolute Gasteiger partial charge is 0.383 e. The summed E-state index contributed by atoms with van der Waals surface area (Å²) < 4.78 is 1.82. The minimum Gasteiger partial charge on any atom is -0.383 e. The van der Waals surface area contributed by atoms with Crippen LogP contribution in [0, 0.1) is 11.8 Å². The van der Waals surface area contributed by atoms with Crippen molar-refractivity contribution in [3.05, 3.63) is 18.0 Å². The van der Waals surface area contributed by atoms with E-state index in [9.17, 15) is 5.11 Å². The van der Waals surface area contributed by atoms with Gasteiger partial charge in [0.05, 0.1) is 5.69 Å². The molecule has 76 valence electrons. The molecule has 1 N–H and O–H groups in total. The normalized spacial score (nSPS) is 40.7. The van der Waals surface area contributed by atoms with Crippen molar-refractivity contribution in [1.82, 2.24) is 9.78 Å². The summed E-state index contributed by atoms with van der Waals surface area (Å²) in [4.78, 5) is 0. The third kappa shape index (κ3) is 0.934. The number of hydrogen-bond acceptors (Lipinski definition) is 2. The molecule has 0 aromatic carbocycles. The van der Waals surface area contributed by atoms with E-state index >= 15 is 0 Å². The van der Waals surface area contributed by atoms with Crippen LogP contribution in [-0.4, -0.2) is 14.9 Å². The number of aromatic nitrogens is 2. The maximum atomic E-state index is 10.7. The SMILES string of the molecule is Cn1nccc1C1(O)CC2CCC1C2. The van der Waals surface area contributed by atoms with E-state index in [0.29, 0.717) is 5.92 Å². The molecule has 3 nitrogen and oxygen atoms in total. The van der Waals surface area contributed by atoms with Crippen LogP contribution in [0.3, 0.4) is 0 Å². The first-order valence-corrected chi connectivity index (χ1v) is 5.41. The maximum absolute atomic E-state index is 10.7. The Morgan fingerprint density at radius 3 is 2.93 bits per heavy atom. The van der Waals surface area contributed by atoms with Crippen molar-refractivity contribution in [2.24, 2.45) is 18.9 Å². The van der Waals surface area contributed by atoms with Crippen LogP contribution < -0.4 is 0 Å². The molecule has 1 heterocycles. The summed E-state index contributed by atoms with van der Waals surface area (Å²) in [7, 11) is 1.92. The molecule has 3 heteroatoms. The lowest BCUT2D eigenvalue weighted by molar-refractivity contribution is -0.0253. The monoisotopic (exact) mass is 192 g/mol. The highest BCUT2D eigenvalue weighted by Crippen LogP contribution is 2.55. The summed E-state index contributed by atoms with van der Waals surface area (Å²) in [6, 6.07) is 1.96. The number of aliphatic hydroxyl groups is 1. The molecule has 2 saturated carbocycles. The number of hydrogen-bond donors (Lipinski definition) is 1. The fourth-order valence-corrected chi connectivity index (χ4v) is 3.41. The highest BCUT2D eigenvalue weighted by Gasteiger charge is 2.52. The van der Waals surface area contributed by atoms with Gasteiger partial charge in [-0.15, -0.1) is 0 Å². The van der Waals surface area contributed by atoms with E-state index in [1.807, 2.05) is 17.8 Å². The molecule has 2 fully saturated rings. The Hall–Kier alpha value is -0.830. The summed E-state index contributed by atoms with van der Waals surface area (Å²) >= 11 is 0. The first-order valence-electron chi connectivity index (χ1n) is 5.41. The van der Waals surface area contributed by atoms with Crippen molar-refractivity contribution in [3.8, 4) is 0 Å². The molecule has 0 amide bonds. The second kappa shape index (κ2) is 2.60. The van der Waals surface area contributed by atoms with Gasteiger partial charge >= 0.3 is 0 Å². The van der Waals surface area contributed by atoms with E-state index in [1.54, 1.807) is 6.20 Å². The molecule has 2 aliphatic rings. The Morgan fingerprint density at radius 2 is 2.43 bits per heavy atom. The third-order valence-electron chi connectivity index (χ3n) is 4.08. The van der Waals surface area contributed by atoms with Gasteiger partial charge in [0, 0.05) is 13.2 Å². The molecule has 3 atom stereocenters. The molecule has 1 aromatic heterocycles. The van der Waals surface area contributed by atoms with Gasteiger partial charge in [0.25, 0.3) is 0 Å². The van der Waals surface area contributed by atoms with E-state index < -0.39 is 5.60 Å². The Kier molecular flexibility index (Phi) is 1.57. The number of aryl methyl sites for hydroxylation is 1.